The molecule has 2 rings (SSSR count). The Hall–Kier alpha value is -0.530. The Morgan fingerprint density at radius 2 is 2.38 bits per heavy atom. The Morgan fingerprint density at radius 3 is 3.00 bits per heavy atom. The van der Waals surface area contributed by atoms with Crippen LogP contribution in [0.25, 0.3) is 0 Å². The molecule has 1 aliphatic heterocycles. The first-order valence-corrected chi connectivity index (χ1v) is 6.57. The van der Waals surface area contributed by atoms with E-state index in [4.69, 9.17) is 16.3 Å². The second kappa shape index (κ2) is 5.70. The average Bonchev–Trinajstić information content (AvgIpc) is 2.78. The summed E-state index contributed by atoms with van der Waals surface area (Å²) in [5.41, 5.74) is 2.66. The van der Waals surface area contributed by atoms with Crippen LogP contribution in [0.2, 0.25) is 0 Å². The number of hydrogen-bond acceptors (Lipinski definition) is 1. The van der Waals surface area contributed by atoms with E-state index in [0.717, 1.165) is 13.0 Å². The molecule has 2 unspecified atom stereocenters. The lowest BCUT2D eigenvalue weighted by Gasteiger charge is -2.18. The van der Waals surface area contributed by atoms with Crippen LogP contribution in [0.4, 0.5) is 0 Å². The lowest BCUT2D eigenvalue weighted by Crippen LogP contribution is -2.12. The van der Waals surface area contributed by atoms with Crippen LogP contribution in [-0.4, -0.2) is 18.6 Å². The van der Waals surface area contributed by atoms with Crippen molar-refractivity contribution in [2.75, 3.05) is 12.5 Å². The van der Waals surface area contributed by atoms with Gasteiger partial charge in [0, 0.05) is 12.5 Å². The Balaban J connectivity index is 2.03. The summed E-state index contributed by atoms with van der Waals surface area (Å²) in [7, 11) is 0. The summed E-state index contributed by atoms with van der Waals surface area (Å²) in [5, 5.41) is 0. The third-order valence-electron chi connectivity index (χ3n) is 3.27. The largest absolute Gasteiger partial charge is 0.378 e. The molecular weight excluding hydrogens is 220 g/mol. The zero-order valence-electron chi connectivity index (χ0n) is 9.79. The van der Waals surface area contributed by atoms with Crippen LogP contribution in [0.5, 0.6) is 0 Å². The fourth-order valence-corrected chi connectivity index (χ4v) is 2.66. The highest BCUT2D eigenvalue weighted by Crippen LogP contribution is 2.28. The summed E-state index contributed by atoms with van der Waals surface area (Å²) < 4.78 is 5.68. The maximum Gasteiger partial charge on any atom is 0.0582 e. The van der Waals surface area contributed by atoms with E-state index in [2.05, 4.69) is 31.2 Å². The quantitative estimate of drug-likeness (QED) is 0.724. The molecule has 0 radical (unpaired) electrons. The predicted molar refractivity (Wildman–Crippen MR) is 68.2 cm³/mol. The van der Waals surface area contributed by atoms with E-state index in [1.807, 2.05) is 0 Å². The maximum absolute atomic E-state index is 6.08. The third-order valence-corrected chi connectivity index (χ3v) is 3.64. The lowest BCUT2D eigenvalue weighted by atomic mass is 9.93. The normalized spacial score (nSPS) is 22.2. The number of ether oxygens (including phenoxy) is 1. The summed E-state index contributed by atoms with van der Waals surface area (Å²) in [4.78, 5) is 0. The molecule has 1 heterocycles. The van der Waals surface area contributed by atoms with Gasteiger partial charge in [0.2, 0.25) is 0 Å². The van der Waals surface area contributed by atoms with Crippen LogP contribution in [0.1, 0.15) is 36.3 Å². The fraction of sp³-hybridized carbons (Fsp3) is 0.571. The minimum absolute atomic E-state index is 0.421. The minimum Gasteiger partial charge on any atom is -0.378 e. The Labute approximate surface area is 103 Å². The van der Waals surface area contributed by atoms with E-state index in [1.165, 1.54) is 24.0 Å². The summed E-state index contributed by atoms with van der Waals surface area (Å²) in [6, 6.07) is 8.65. The van der Waals surface area contributed by atoms with E-state index in [0.29, 0.717) is 17.9 Å². The molecule has 1 fully saturated rings. The molecule has 1 aromatic carbocycles. The van der Waals surface area contributed by atoms with Crippen molar-refractivity contribution >= 4 is 11.6 Å². The fourth-order valence-electron chi connectivity index (χ4n) is 2.36. The monoisotopic (exact) mass is 238 g/mol. The van der Waals surface area contributed by atoms with E-state index in [9.17, 15) is 0 Å². The highest BCUT2D eigenvalue weighted by Gasteiger charge is 2.21. The molecule has 0 spiro atoms. The summed E-state index contributed by atoms with van der Waals surface area (Å²) in [6.07, 6.45) is 3.88. The Morgan fingerprint density at radius 1 is 1.50 bits per heavy atom. The van der Waals surface area contributed by atoms with Crippen LogP contribution in [0, 0.1) is 6.92 Å². The van der Waals surface area contributed by atoms with Crippen LogP contribution >= 0.6 is 11.6 Å². The van der Waals surface area contributed by atoms with Gasteiger partial charge in [0.1, 0.15) is 0 Å². The van der Waals surface area contributed by atoms with Crippen molar-refractivity contribution in [3.05, 3.63) is 35.4 Å². The molecule has 16 heavy (non-hydrogen) atoms. The van der Waals surface area contributed by atoms with E-state index in [1.54, 1.807) is 0 Å². The van der Waals surface area contributed by atoms with E-state index >= 15 is 0 Å². The third kappa shape index (κ3) is 2.99. The van der Waals surface area contributed by atoms with Crippen molar-refractivity contribution in [3.8, 4) is 0 Å². The zero-order valence-corrected chi connectivity index (χ0v) is 10.5. The molecule has 2 atom stereocenters. The molecule has 88 valence electrons. The van der Waals surface area contributed by atoms with E-state index in [-0.39, 0.29) is 0 Å². The van der Waals surface area contributed by atoms with Crippen LogP contribution in [-0.2, 0) is 4.74 Å². The van der Waals surface area contributed by atoms with Crippen molar-refractivity contribution in [1.82, 2.24) is 0 Å². The van der Waals surface area contributed by atoms with Crippen molar-refractivity contribution in [3.63, 3.8) is 0 Å². The first-order chi connectivity index (χ1) is 7.79. The van der Waals surface area contributed by atoms with Crippen molar-refractivity contribution < 1.29 is 4.74 Å². The van der Waals surface area contributed by atoms with Gasteiger partial charge in [0.05, 0.1) is 6.10 Å². The molecule has 0 aromatic heterocycles. The maximum atomic E-state index is 6.08. The number of aryl methyl sites for hydroxylation is 1. The molecule has 0 N–H and O–H groups in total. The van der Waals surface area contributed by atoms with Gasteiger partial charge in [-0.05, 0) is 37.7 Å². The number of halogens is 1. The van der Waals surface area contributed by atoms with Gasteiger partial charge in [0.15, 0.2) is 0 Å². The van der Waals surface area contributed by atoms with Gasteiger partial charge in [-0.25, -0.2) is 0 Å². The molecular formula is C14H19ClO. The van der Waals surface area contributed by atoms with Gasteiger partial charge in [-0.15, -0.1) is 11.6 Å². The van der Waals surface area contributed by atoms with Gasteiger partial charge in [-0.1, -0.05) is 29.8 Å². The molecule has 1 nitrogen and oxygen atoms in total. The van der Waals surface area contributed by atoms with Crippen LogP contribution in [0.15, 0.2) is 24.3 Å². The average molecular weight is 239 g/mol. The van der Waals surface area contributed by atoms with Gasteiger partial charge in [-0.3, -0.25) is 0 Å². The second-order valence-corrected chi connectivity index (χ2v) is 4.94. The van der Waals surface area contributed by atoms with Gasteiger partial charge in [-0.2, -0.15) is 0 Å². The highest BCUT2D eigenvalue weighted by molar-refractivity contribution is 6.18. The topological polar surface area (TPSA) is 9.23 Å². The second-order valence-electron chi connectivity index (χ2n) is 4.64. The molecule has 1 aliphatic rings. The summed E-state index contributed by atoms with van der Waals surface area (Å²) in [6.45, 7) is 3.05. The first-order valence-electron chi connectivity index (χ1n) is 6.03. The Bertz CT molecular complexity index is 331. The standard InChI is InChI=1S/C14H19ClO/c1-11-4-2-5-12(8-11)13(10-15)9-14-6-3-7-16-14/h2,4-5,8,13-14H,3,6-7,9-10H2,1H3. The molecule has 0 bridgehead atoms. The molecule has 0 aliphatic carbocycles. The molecule has 1 aromatic rings. The number of benzene rings is 1. The number of hydrogen-bond donors (Lipinski definition) is 0. The molecule has 1 saturated heterocycles. The van der Waals surface area contributed by atoms with Crippen LogP contribution < -0.4 is 0 Å². The van der Waals surface area contributed by atoms with Crippen LogP contribution in [0.3, 0.4) is 0 Å². The summed E-state index contributed by atoms with van der Waals surface area (Å²) in [5.74, 6) is 1.12. The molecule has 0 saturated carbocycles. The Kier molecular flexibility index (Phi) is 4.25. The lowest BCUT2D eigenvalue weighted by molar-refractivity contribution is 0.0995. The van der Waals surface area contributed by atoms with Gasteiger partial charge >= 0.3 is 0 Å². The smallest absolute Gasteiger partial charge is 0.0582 e. The van der Waals surface area contributed by atoms with E-state index < -0.39 is 0 Å². The van der Waals surface area contributed by atoms with Crippen molar-refractivity contribution in [2.45, 2.75) is 38.2 Å². The van der Waals surface area contributed by atoms with Crippen molar-refractivity contribution in [1.29, 1.82) is 0 Å². The minimum atomic E-state index is 0.421. The van der Waals surface area contributed by atoms with Crippen molar-refractivity contribution in [2.24, 2.45) is 0 Å². The molecule has 2 heteroatoms. The highest BCUT2D eigenvalue weighted by atomic mass is 35.5. The predicted octanol–water partition coefficient (Wildman–Crippen LogP) is 3.89. The van der Waals surface area contributed by atoms with Gasteiger partial charge in [0.25, 0.3) is 0 Å². The number of rotatable bonds is 4. The SMILES string of the molecule is Cc1cccc(C(CCl)CC2CCCO2)c1. The zero-order chi connectivity index (χ0) is 11.4. The summed E-state index contributed by atoms with van der Waals surface area (Å²) >= 11 is 6.08. The molecule has 0 amide bonds. The number of alkyl halides is 1. The van der Waals surface area contributed by atoms with Gasteiger partial charge < -0.3 is 4.74 Å². The first kappa shape index (κ1) is 11.9.